The topological polar surface area (TPSA) is 59.4 Å². The second-order valence-corrected chi connectivity index (χ2v) is 6.27. The quantitative estimate of drug-likeness (QED) is 0.830. The van der Waals surface area contributed by atoms with Crippen molar-refractivity contribution in [1.29, 1.82) is 0 Å². The first-order valence-electron chi connectivity index (χ1n) is 8.07. The van der Waals surface area contributed by atoms with E-state index >= 15 is 0 Å². The summed E-state index contributed by atoms with van der Waals surface area (Å²) < 4.78 is 6.77. The Bertz CT molecular complexity index is 516. The molecule has 0 spiro atoms. The van der Waals surface area contributed by atoms with Gasteiger partial charge >= 0.3 is 5.97 Å². The van der Waals surface area contributed by atoms with Gasteiger partial charge in [-0.3, -0.25) is 14.4 Å². The minimum Gasteiger partial charge on any atom is -0.465 e. The molecule has 1 aliphatic heterocycles. The molecule has 0 aromatic carbocycles. The second kappa shape index (κ2) is 7.24. The Labute approximate surface area is 132 Å². The van der Waals surface area contributed by atoms with Crippen molar-refractivity contribution in [1.82, 2.24) is 20.0 Å². The average molecular weight is 308 g/mol. The van der Waals surface area contributed by atoms with E-state index in [0.717, 1.165) is 31.0 Å². The lowest BCUT2D eigenvalue weighted by Crippen LogP contribution is -2.53. The van der Waals surface area contributed by atoms with Gasteiger partial charge in [-0.25, -0.2) is 0 Å². The number of aromatic nitrogens is 2. The number of carbonyl (C=O) groups is 1. The Balaban J connectivity index is 2.08. The predicted octanol–water partition coefficient (Wildman–Crippen LogP) is 1.25. The van der Waals surface area contributed by atoms with Crippen molar-refractivity contribution in [3.05, 3.63) is 17.0 Å². The van der Waals surface area contributed by atoms with Crippen LogP contribution in [0, 0.1) is 13.8 Å². The molecule has 2 unspecified atom stereocenters. The Hall–Kier alpha value is -1.40. The van der Waals surface area contributed by atoms with Gasteiger partial charge < -0.3 is 10.1 Å². The first-order chi connectivity index (χ1) is 10.4. The van der Waals surface area contributed by atoms with Crippen LogP contribution in [0.1, 0.15) is 37.7 Å². The summed E-state index contributed by atoms with van der Waals surface area (Å²) in [6.07, 6.45) is 0. The number of nitrogens with one attached hydrogen (secondary N) is 1. The maximum Gasteiger partial charge on any atom is 0.327 e. The van der Waals surface area contributed by atoms with E-state index in [-0.39, 0.29) is 12.5 Å². The lowest BCUT2D eigenvalue weighted by atomic mass is 10.1. The fourth-order valence-electron chi connectivity index (χ4n) is 3.24. The van der Waals surface area contributed by atoms with Crippen molar-refractivity contribution in [3.8, 4) is 0 Å². The molecular weight excluding hydrogens is 280 g/mol. The highest BCUT2D eigenvalue weighted by molar-refractivity contribution is 5.69. The molecule has 2 heterocycles. The summed E-state index contributed by atoms with van der Waals surface area (Å²) in [6.45, 7) is 13.8. The zero-order valence-corrected chi connectivity index (χ0v) is 14.3. The molecule has 124 valence electrons. The molecule has 0 aliphatic carbocycles. The van der Waals surface area contributed by atoms with Gasteiger partial charge in [0.2, 0.25) is 0 Å². The number of esters is 1. The Morgan fingerprint density at radius 1 is 1.32 bits per heavy atom. The molecule has 2 rings (SSSR count). The maximum absolute atomic E-state index is 11.7. The van der Waals surface area contributed by atoms with Crippen molar-refractivity contribution in [3.63, 3.8) is 0 Å². The zero-order valence-electron chi connectivity index (χ0n) is 14.3. The van der Waals surface area contributed by atoms with Gasteiger partial charge in [-0.2, -0.15) is 5.10 Å². The van der Waals surface area contributed by atoms with Crippen LogP contribution in [0.25, 0.3) is 0 Å². The summed E-state index contributed by atoms with van der Waals surface area (Å²) in [7, 11) is 0. The van der Waals surface area contributed by atoms with Crippen LogP contribution in [0.4, 0.5) is 0 Å². The molecule has 22 heavy (non-hydrogen) atoms. The van der Waals surface area contributed by atoms with Crippen molar-refractivity contribution in [2.75, 3.05) is 19.7 Å². The molecule has 0 bridgehead atoms. The Kier molecular flexibility index (Phi) is 5.58. The number of ether oxygens (including phenoxy) is 1. The molecule has 6 heteroatoms. The van der Waals surface area contributed by atoms with Crippen molar-refractivity contribution in [2.24, 2.45) is 0 Å². The summed E-state index contributed by atoms with van der Waals surface area (Å²) in [5.41, 5.74) is 3.29. The van der Waals surface area contributed by atoms with Crippen LogP contribution in [-0.2, 0) is 22.6 Å². The minimum atomic E-state index is -0.232. The minimum absolute atomic E-state index is 0.189. The fraction of sp³-hybridized carbons (Fsp3) is 0.750. The monoisotopic (exact) mass is 308 g/mol. The maximum atomic E-state index is 11.7. The molecule has 1 aromatic rings. The molecule has 0 amide bonds. The van der Waals surface area contributed by atoms with Crippen molar-refractivity contribution >= 4 is 5.97 Å². The second-order valence-electron chi connectivity index (χ2n) is 6.27. The van der Waals surface area contributed by atoms with Crippen LogP contribution in [-0.4, -0.2) is 52.4 Å². The molecule has 2 atom stereocenters. The lowest BCUT2D eigenvalue weighted by Gasteiger charge is -2.36. The third-order valence-corrected chi connectivity index (χ3v) is 4.13. The van der Waals surface area contributed by atoms with E-state index in [2.05, 4.69) is 29.2 Å². The van der Waals surface area contributed by atoms with E-state index in [1.54, 1.807) is 4.68 Å². The summed E-state index contributed by atoms with van der Waals surface area (Å²) in [5.74, 6) is -0.232. The van der Waals surface area contributed by atoms with Gasteiger partial charge in [-0.05, 0) is 34.6 Å². The van der Waals surface area contributed by atoms with Gasteiger partial charge in [0.25, 0.3) is 0 Å². The highest BCUT2D eigenvalue weighted by Crippen LogP contribution is 2.17. The lowest BCUT2D eigenvalue weighted by molar-refractivity contribution is -0.144. The SMILES string of the molecule is CCOC(=O)Cn1nc(C)c(CN2CC(C)NC(C)C2)c1C. The van der Waals surface area contributed by atoms with Gasteiger partial charge in [0.15, 0.2) is 0 Å². The van der Waals surface area contributed by atoms with Gasteiger partial charge in [0.05, 0.1) is 12.3 Å². The van der Waals surface area contributed by atoms with Crippen LogP contribution in [0.3, 0.4) is 0 Å². The molecule has 1 fully saturated rings. The summed E-state index contributed by atoms with van der Waals surface area (Å²) in [5, 5.41) is 8.06. The molecular formula is C16H28N4O2. The smallest absolute Gasteiger partial charge is 0.327 e. The van der Waals surface area contributed by atoms with Crippen LogP contribution >= 0.6 is 0 Å². The number of rotatable bonds is 5. The van der Waals surface area contributed by atoms with Gasteiger partial charge in [-0.1, -0.05) is 0 Å². The summed E-state index contributed by atoms with van der Waals surface area (Å²) >= 11 is 0. The number of carbonyl (C=O) groups excluding carboxylic acids is 1. The molecule has 1 saturated heterocycles. The molecule has 1 aromatic heterocycles. The number of piperazine rings is 1. The number of nitrogens with zero attached hydrogens (tertiary/aromatic N) is 3. The third kappa shape index (κ3) is 4.08. The Morgan fingerprint density at radius 2 is 1.95 bits per heavy atom. The number of hydrogen-bond donors (Lipinski definition) is 1. The van der Waals surface area contributed by atoms with E-state index in [9.17, 15) is 4.79 Å². The van der Waals surface area contributed by atoms with Gasteiger partial charge in [-0.15, -0.1) is 0 Å². The highest BCUT2D eigenvalue weighted by Gasteiger charge is 2.23. The van der Waals surface area contributed by atoms with Gasteiger partial charge in [0.1, 0.15) is 6.54 Å². The summed E-state index contributed by atoms with van der Waals surface area (Å²) in [6, 6.07) is 0.998. The fourth-order valence-corrected chi connectivity index (χ4v) is 3.24. The molecule has 1 N–H and O–H groups in total. The molecule has 6 nitrogen and oxygen atoms in total. The Morgan fingerprint density at radius 3 is 2.55 bits per heavy atom. The number of aryl methyl sites for hydroxylation is 1. The molecule has 0 saturated carbocycles. The third-order valence-electron chi connectivity index (χ3n) is 4.13. The first-order valence-corrected chi connectivity index (χ1v) is 8.07. The number of hydrogen-bond acceptors (Lipinski definition) is 5. The largest absolute Gasteiger partial charge is 0.465 e. The van der Waals surface area contributed by atoms with E-state index in [1.807, 2.05) is 20.8 Å². The van der Waals surface area contributed by atoms with Crippen molar-refractivity contribution < 1.29 is 9.53 Å². The zero-order chi connectivity index (χ0) is 16.3. The van der Waals surface area contributed by atoms with Crippen LogP contribution in [0.5, 0.6) is 0 Å². The standard InChI is InChI=1S/C16H28N4O2/c1-6-22-16(21)10-20-14(5)15(13(4)18-20)9-19-7-11(2)17-12(3)8-19/h11-12,17H,6-10H2,1-5H3. The normalized spacial score (nSPS) is 22.8. The van der Waals surface area contributed by atoms with Crippen LogP contribution in [0.2, 0.25) is 0 Å². The van der Waals surface area contributed by atoms with E-state index in [1.165, 1.54) is 5.56 Å². The predicted molar refractivity (Wildman–Crippen MR) is 85.7 cm³/mol. The van der Waals surface area contributed by atoms with Gasteiger partial charge in [0, 0.05) is 43.0 Å². The van der Waals surface area contributed by atoms with E-state index < -0.39 is 0 Å². The van der Waals surface area contributed by atoms with E-state index in [4.69, 9.17) is 4.74 Å². The summed E-state index contributed by atoms with van der Waals surface area (Å²) in [4.78, 5) is 14.1. The van der Waals surface area contributed by atoms with Crippen molar-refractivity contribution in [2.45, 2.75) is 59.8 Å². The highest BCUT2D eigenvalue weighted by atomic mass is 16.5. The average Bonchev–Trinajstić information content (AvgIpc) is 2.65. The van der Waals surface area contributed by atoms with Crippen LogP contribution < -0.4 is 5.32 Å². The van der Waals surface area contributed by atoms with Crippen LogP contribution in [0.15, 0.2) is 0 Å². The van der Waals surface area contributed by atoms with E-state index in [0.29, 0.717) is 18.7 Å². The molecule has 0 radical (unpaired) electrons. The first kappa shape index (κ1) is 17.0. The molecule has 1 aliphatic rings.